The van der Waals surface area contributed by atoms with Gasteiger partial charge in [-0.3, -0.25) is 29.4 Å². The third-order valence-electron chi connectivity index (χ3n) is 4.77. The average Bonchev–Trinajstić information content (AvgIpc) is 2.79. The molecule has 0 aliphatic carbocycles. The summed E-state index contributed by atoms with van der Waals surface area (Å²) in [4.78, 5) is 51.2. The number of hydrogen-bond acceptors (Lipinski definition) is 7. The zero-order valence-electron chi connectivity index (χ0n) is 17.2. The summed E-state index contributed by atoms with van der Waals surface area (Å²) >= 11 is 0. The Morgan fingerprint density at radius 1 is 0.935 bits per heavy atom. The number of benzene rings is 2. The van der Waals surface area contributed by atoms with Gasteiger partial charge in [0.2, 0.25) is 11.8 Å². The lowest BCUT2D eigenvalue weighted by atomic mass is 9.97. The van der Waals surface area contributed by atoms with Crippen LogP contribution in [0.15, 0.2) is 60.7 Å². The van der Waals surface area contributed by atoms with Gasteiger partial charge in [-0.15, -0.1) is 0 Å². The van der Waals surface area contributed by atoms with Crippen molar-refractivity contribution in [2.45, 2.75) is 25.3 Å². The van der Waals surface area contributed by atoms with Gasteiger partial charge in [0, 0.05) is 37.1 Å². The minimum atomic E-state index is -1.24. The molecule has 0 heterocycles. The Balaban J connectivity index is 2.12. The molecule has 164 valence electrons. The molecule has 2 rings (SSSR count). The second-order valence-electron chi connectivity index (χ2n) is 7.18. The molecule has 0 saturated heterocycles. The van der Waals surface area contributed by atoms with Gasteiger partial charge in [0.25, 0.3) is 11.8 Å². The summed E-state index contributed by atoms with van der Waals surface area (Å²) in [6.07, 6.45) is -0.628. The summed E-state index contributed by atoms with van der Waals surface area (Å²) in [5, 5.41) is 11.4. The Morgan fingerprint density at radius 2 is 1.48 bits per heavy atom. The van der Waals surface area contributed by atoms with Gasteiger partial charge in [-0.2, -0.15) is 0 Å². The second kappa shape index (κ2) is 11.1. The van der Waals surface area contributed by atoms with Crippen LogP contribution in [0.5, 0.6) is 0 Å². The highest BCUT2D eigenvalue weighted by atomic mass is 16.5. The van der Waals surface area contributed by atoms with Crippen LogP contribution in [-0.4, -0.2) is 52.4 Å². The van der Waals surface area contributed by atoms with Gasteiger partial charge in [0.05, 0.1) is 5.54 Å². The number of carbonyl (C=O) groups excluding carboxylic acids is 4. The van der Waals surface area contributed by atoms with Crippen LogP contribution in [0.3, 0.4) is 0 Å². The molecule has 0 unspecified atom stereocenters. The predicted molar refractivity (Wildman–Crippen MR) is 113 cm³/mol. The third kappa shape index (κ3) is 6.29. The van der Waals surface area contributed by atoms with E-state index in [1.54, 1.807) is 67.6 Å². The zero-order valence-corrected chi connectivity index (χ0v) is 17.2. The monoisotopic (exact) mass is 426 g/mol. The van der Waals surface area contributed by atoms with E-state index >= 15 is 0 Å². The van der Waals surface area contributed by atoms with E-state index in [4.69, 9.17) is 5.73 Å². The molecule has 4 amide bonds. The molecule has 31 heavy (non-hydrogen) atoms. The number of hydroxylamine groups is 1. The highest BCUT2D eigenvalue weighted by molar-refractivity contribution is 6.07. The first-order chi connectivity index (χ1) is 14.8. The maximum atomic E-state index is 13.1. The van der Waals surface area contributed by atoms with Crippen molar-refractivity contribution in [3.63, 3.8) is 0 Å². The number of imide groups is 2. The largest absolute Gasteiger partial charge is 0.328 e. The lowest BCUT2D eigenvalue weighted by Crippen LogP contribution is -2.61. The Labute approximate surface area is 180 Å². The molecule has 1 atom stereocenters. The molecule has 0 aliphatic rings. The van der Waals surface area contributed by atoms with Gasteiger partial charge < -0.3 is 10.9 Å². The average molecular weight is 426 g/mol. The Bertz CT molecular complexity index is 920. The quantitative estimate of drug-likeness (QED) is 0.440. The number of rotatable bonds is 9. The number of amides is 4. The van der Waals surface area contributed by atoms with Crippen molar-refractivity contribution in [1.82, 2.24) is 15.7 Å². The molecule has 2 aromatic carbocycles. The van der Waals surface area contributed by atoms with Crippen molar-refractivity contribution < 1.29 is 24.4 Å². The molecule has 9 heteroatoms. The molecule has 0 saturated carbocycles. The van der Waals surface area contributed by atoms with Crippen LogP contribution in [0.25, 0.3) is 0 Å². The van der Waals surface area contributed by atoms with Crippen molar-refractivity contribution in [3.8, 4) is 0 Å². The lowest BCUT2D eigenvalue weighted by molar-refractivity contribution is -0.135. The molecule has 0 aliphatic heterocycles. The van der Waals surface area contributed by atoms with Crippen molar-refractivity contribution in [2.75, 3.05) is 13.1 Å². The Hall–Kier alpha value is -3.40. The van der Waals surface area contributed by atoms with Crippen molar-refractivity contribution in [2.24, 2.45) is 5.73 Å². The van der Waals surface area contributed by atoms with Crippen LogP contribution < -0.4 is 16.5 Å². The third-order valence-corrected chi connectivity index (χ3v) is 4.77. The summed E-state index contributed by atoms with van der Waals surface area (Å²) in [6.45, 7) is 1.27. The van der Waals surface area contributed by atoms with E-state index in [-0.39, 0.29) is 31.5 Å². The molecule has 9 nitrogen and oxygen atoms in total. The molecule has 0 spiro atoms. The first kappa shape index (κ1) is 23.9. The fourth-order valence-corrected chi connectivity index (χ4v) is 2.97. The van der Waals surface area contributed by atoms with Crippen molar-refractivity contribution in [3.05, 3.63) is 71.8 Å². The summed E-state index contributed by atoms with van der Waals surface area (Å²) in [7, 11) is 0. The van der Waals surface area contributed by atoms with E-state index in [0.29, 0.717) is 5.56 Å². The highest BCUT2D eigenvalue weighted by Gasteiger charge is 2.39. The standard InChI is InChI=1S/C22H26N4O5/c1-22(14-23,15-24-31)26(21(30)17-10-6-3-7-11-17)19(28)13-12-18(27)25-20(29)16-8-4-2-5-9-16/h2-11,24,31H,12-15,23H2,1H3,(H,25,27,29)/t22-/m1/s1. The van der Waals surface area contributed by atoms with Crippen molar-refractivity contribution in [1.29, 1.82) is 0 Å². The molecule has 5 N–H and O–H groups in total. The van der Waals surface area contributed by atoms with Crippen molar-refractivity contribution >= 4 is 23.6 Å². The maximum absolute atomic E-state index is 13.1. The van der Waals surface area contributed by atoms with Gasteiger partial charge in [-0.1, -0.05) is 36.4 Å². The molecular weight excluding hydrogens is 400 g/mol. The molecule has 0 bridgehead atoms. The number of hydrogen-bond donors (Lipinski definition) is 4. The number of carbonyl (C=O) groups is 4. The van der Waals surface area contributed by atoms with Crippen LogP contribution >= 0.6 is 0 Å². The van der Waals surface area contributed by atoms with Crippen LogP contribution in [0.4, 0.5) is 0 Å². The first-order valence-electron chi connectivity index (χ1n) is 9.71. The van der Waals surface area contributed by atoms with E-state index in [0.717, 1.165) is 4.90 Å². The second-order valence-corrected chi connectivity index (χ2v) is 7.18. The maximum Gasteiger partial charge on any atom is 0.261 e. The first-order valence-corrected chi connectivity index (χ1v) is 9.71. The minimum Gasteiger partial charge on any atom is -0.328 e. The Morgan fingerprint density at radius 3 is 2.00 bits per heavy atom. The summed E-state index contributed by atoms with van der Waals surface area (Å²) < 4.78 is 0. The van der Waals surface area contributed by atoms with Crippen LogP contribution in [0.1, 0.15) is 40.5 Å². The van der Waals surface area contributed by atoms with Gasteiger partial charge in [-0.25, -0.2) is 5.48 Å². The molecular formula is C22H26N4O5. The van der Waals surface area contributed by atoms with Gasteiger partial charge >= 0.3 is 0 Å². The topological polar surface area (TPSA) is 142 Å². The van der Waals surface area contributed by atoms with E-state index in [1.807, 2.05) is 5.48 Å². The number of nitrogens with two attached hydrogens (primary N) is 1. The minimum absolute atomic E-state index is 0.121. The van der Waals surface area contributed by atoms with Crippen LogP contribution in [-0.2, 0) is 9.59 Å². The number of nitrogens with one attached hydrogen (secondary N) is 2. The van der Waals surface area contributed by atoms with Gasteiger partial charge in [0.15, 0.2) is 0 Å². The Kier molecular flexibility index (Phi) is 8.56. The zero-order chi connectivity index (χ0) is 22.9. The van der Waals surface area contributed by atoms with Crippen LogP contribution in [0.2, 0.25) is 0 Å². The SMILES string of the molecule is C[C@@](CN)(CNO)N(C(=O)CCC(=O)NC(=O)c1ccccc1)C(=O)c1ccccc1. The fourth-order valence-electron chi connectivity index (χ4n) is 2.97. The molecule has 0 fully saturated rings. The molecule has 0 aromatic heterocycles. The van der Waals surface area contributed by atoms with Gasteiger partial charge in [0.1, 0.15) is 0 Å². The summed E-state index contributed by atoms with van der Waals surface area (Å²) in [5.41, 5.74) is 7.11. The summed E-state index contributed by atoms with van der Waals surface area (Å²) in [6, 6.07) is 16.3. The highest BCUT2D eigenvalue weighted by Crippen LogP contribution is 2.19. The number of nitrogens with zero attached hydrogens (tertiary/aromatic N) is 1. The summed E-state index contributed by atoms with van der Waals surface area (Å²) in [5.74, 6) is -2.48. The molecule has 0 radical (unpaired) electrons. The van der Waals surface area contributed by atoms with E-state index in [1.165, 1.54) is 0 Å². The lowest BCUT2D eigenvalue weighted by Gasteiger charge is -2.38. The normalized spacial score (nSPS) is 12.5. The van der Waals surface area contributed by atoms with E-state index in [2.05, 4.69) is 5.32 Å². The fraction of sp³-hybridized carbons (Fsp3) is 0.273. The van der Waals surface area contributed by atoms with Crippen LogP contribution in [0, 0.1) is 0 Å². The van der Waals surface area contributed by atoms with E-state index in [9.17, 15) is 24.4 Å². The molecule has 2 aromatic rings. The predicted octanol–water partition coefficient (Wildman–Crippen LogP) is 1.09. The van der Waals surface area contributed by atoms with Gasteiger partial charge in [-0.05, 0) is 31.2 Å². The smallest absolute Gasteiger partial charge is 0.261 e. The van der Waals surface area contributed by atoms with E-state index < -0.39 is 29.2 Å².